The first kappa shape index (κ1) is 22.8. The van der Waals surface area contributed by atoms with Crippen LogP contribution in [0.2, 0.25) is 0 Å². The summed E-state index contributed by atoms with van der Waals surface area (Å²) in [4.78, 5) is 25.6. The van der Waals surface area contributed by atoms with Gasteiger partial charge in [-0.1, -0.05) is 37.8 Å². The Hall–Kier alpha value is -1.41. The van der Waals surface area contributed by atoms with Crippen LogP contribution in [0.25, 0.3) is 0 Å². The van der Waals surface area contributed by atoms with Crippen molar-refractivity contribution in [1.82, 2.24) is 0 Å². The topological polar surface area (TPSA) is 107 Å². The maximum absolute atomic E-state index is 12.8. The molecular weight excluding hydrogens is 420 g/mol. The second kappa shape index (κ2) is 8.50. The number of allylic oxidation sites excluding steroid dienone is 1. The number of carbonyl (C=O) groups excluding carboxylic acids is 2. The average molecular weight is 455 g/mol. The first-order chi connectivity index (χ1) is 14.5. The highest BCUT2D eigenvalue weighted by Gasteiger charge is 2.48. The third-order valence-corrected chi connectivity index (χ3v) is 8.53. The Morgan fingerprint density at radius 3 is 2.35 bits per heavy atom. The van der Waals surface area contributed by atoms with Gasteiger partial charge in [-0.15, -0.1) is 0 Å². The molecule has 1 N–H and O–H groups in total. The summed E-state index contributed by atoms with van der Waals surface area (Å²) in [5.74, 6) is -0.693. The molecule has 0 aliphatic heterocycles. The van der Waals surface area contributed by atoms with Crippen LogP contribution in [0.5, 0.6) is 0 Å². The molecule has 8 heteroatoms. The summed E-state index contributed by atoms with van der Waals surface area (Å²) in [6, 6.07) is 0. The predicted molar refractivity (Wildman–Crippen MR) is 114 cm³/mol. The minimum Gasteiger partial charge on any atom is -0.461 e. The third-order valence-electron chi connectivity index (χ3n) is 7.55. The van der Waals surface area contributed by atoms with E-state index in [0.717, 1.165) is 38.5 Å². The molecule has 0 saturated heterocycles. The van der Waals surface area contributed by atoms with Crippen LogP contribution in [0.15, 0.2) is 11.6 Å². The van der Waals surface area contributed by atoms with Crippen molar-refractivity contribution in [3.8, 4) is 0 Å². The van der Waals surface area contributed by atoms with Crippen LogP contribution in [0.3, 0.4) is 0 Å². The standard InChI is InChI=1S/C23H34O7S/c1-14-6-17-9-18(7-14)11-19(10-17)29-21(24)20(31(26,27)28)22(25)30-23(2)12-15-4-3-5-16(8-15)13-23/h6,14-16,18-20H,3-5,7-13H2,1-2H3,(H,26,27,28). The fourth-order valence-corrected chi connectivity index (χ4v) is 7.30. The van der Waals surface area contributed by atoms with Gasteiger partial charge in [0, 0.05) is 6.42 Å². The Morgan fingerprint density at radius 1 is 1.06 bits per heavy atom. The van der Waals surface area contributed by atoms with E-state index in [0.29, 0.717) is 49.4 Å². The van der Waals surface area contributed by atoms with Gasteiger partial charge in [-0.2, -0.15) is 8.42 Å². The van der Waals surface area contributed by atoms with Crippen molar-refractivity contribution < 1.29 is 32.0 Å². The highest BCUT2D eigenvalue weighted by molar-refractivity contribution is 7.88. The van der Waals surface area contributed by atoms with E-state index in [4.69, 9.17) is 9.47 Å². The molecule has 4 aliphatic carbocycles. The van der Waals surface area contributed by atoms with Crippen LogP contribution in [-0.2, 0) is 29.2 Å². The Labute approximate surface area is 184 Å². The quantitative estimate of drug-likeness (QED) is 0.291. The number of esters is 2. The zero-order valence-electron chi connectivity index (χ0n) is 18.4. The number of ether oxygens (including phenoxy) is 2. The van der Waals surface area contributed by atoms with Gasteiger partial charge >= 0.3 is 11.9 Å². The van der Waals surface area contributed by atoms with Crippen molar-refractivity contribution in [2.75, 3.05) is 0 Å². The van der Waals surface area contributed by atoms with Crippen molar-refractivity contribution in [3.05, 3.63) is 11.6 Å². The van der Waals surface area contributed by atoms with Crippen LogP contribution in [0.4, 0.5) is 0 Å². The van der Waals surface area contributed by atoms with Gasteiger partial charge in [-0.3, -0.25) is 4.55 Å². The highest BCUT2D eigenvalue weighted by Crippen LogP contribution is 2.46. The van der Waals surface area contributed by atoms with Crippen LogP contribution < -0.4 is 0 Å². The van der Waals surface area contributed by atoms with Crippen LogP contribution in [0, 0.1) is 23.7 Å². The molecule has 0 radical (unpaired) electrons. The van der Waals surface area contributed by atoms with Crippen LogP contribution in [-0.4, -0.2) is 41.9 Å². The lowest BCUT2D eigenvalue weighted by atomic mass is 9.66. The van der Waals surface area contributed by atoms with E-state index in [-0.39, 0.29) is 0 Å². The number of carbonyl (C=O) groups is 2. The smallest absolute Gasteiger partial charge is 0.339 e. The summed E-state index contributed by atoms with van der Waals surface area (Å²) in [7, 11) is -5.00. The van der Waals surface area contributed by atoms with E-state index < -0.39 is 39.0 Å². The maximum Gasteiger partial charge on any atom is 0.339 e. The summed E-state index contributed by atoms with van der Waals surface area (Å²) >= 11 is 0. The number of rotatable bonds is 5. The molecule has 0 aromatic rings. The molecule has 31 heavy (non-hydrogen) atoms. The molecule has 3 fully saturated rings. The molecule has 0 amide bonds. The van der Waals surface area contributed by atoms with E-state index in [1.807, 2.05) is 0 Å². The van der Waals surface area contributed by atoms with Crippen LogP contribution in [0.1, 0.15) is 78.1 Å². The molecule has 0 heterocycles. The Bertz CT molecular complexity index is 849. The zero-order chi connectivity index (χ0) is 22.4. The van der Waals surface area contributed by atoms with Gasteiger partial charge in [0.1, 0.15) is 11.7 Å². The van der Waals surface area contributed by atoms with E-state index in [1.54, 1.807) is 6.92 Å². The number of hydrogen-bond acceptors (Lipinski definition) is 6. The second-order valence-electron chi connectivity index (χ2n) is 10.7. The van der Waals surface area contributed by atoms with Gasteiger partial charge < -0.3 is 9.47 Å². The molecular formula is C23H34O7S. The molecule has 0 aromatic heterocycles. The van der Waals surface area contributed by atoms with Gasteiger partial charge in [0.2, 0.25) is 0 Å². The first-order valence-electron chi connectivity index (χ1n) is 11.6. The first-order valence-corrected chi connectivity index (χ1v) is 13.1. The van der Waals surface area contributed by atoms with Crippen molar-refractivity contribution in [3.63, 3.8) is 0 Å². The van der Waals surface area contributed by atoms with Gasteiger partial charge in [-0.05, 0) is 69.1 Å². The summed E-state index contributed by atoms with van der Waals surface area (Å²) < 4.78 is 44.7. The molecule has 3 saturated carbocycles. The van der Waals surface area contributed by atoms with E-state index >= 15 is 0 Å². The van der Waals surface area contributed by atoms with Crippen molar-refractivity contribution in [1.29, 1.82) is 0 Å². The number of fused-ring (bicyclic) bond motifs is 4. The molecule has 0 aromatic carbocycles. The Balaban J connectivity index is 1.44. The Kier molecular flexibility index (Phi) is 6.25. The van der Waals surface area contributed by atoms with Gasteiger partial charge in [-0.25, -0.2) is 9.59 Å². The van der Waals surface area contributed by atoms with Gasteiger partial charge in [0.05, 0.1) is 0 Å². The van der Waals surface area contributed by atoms with Crippen molar-refractivity contribution >= 4 is 22.1 Å². The second-order valence-corrected chi connectivity index (χ2v) is 12.2. The van der Waals surface area contributed by atoms with E-state index in [1.165, 1.54) is 5.57 Å². The monoisotopic (exact) mass is 454 g/mol. The minimum absolute atomic E-state index is 0.387. The average Bonchev–Trinajstić information content (AvgIpc) is 2.58. The third kappa shape index (κ3) is 5.33. The molecule has 4 bridgehead atoms. The highest BCUT2D eigenvalue weighted by atomic mass is 32.2. The van der Waals surface area contributed by atoms with Crippen molar-refractivity contribution in [2.24, 2.45) is 23.7 Å². The van der Waals surface area contributed by atoms with E-state index in [9.17, 15) is 22.6 Å². The molecule has 4 aliphatic rings. The normalized spacial score (nSPS) is 38.5. The lowest BCUT2D eigenvalue weighted by Crippen LogP contribution is -2.48. The zero-order valence-corrected chi connectivity index (χ0v) is 19.2. The molecule has 6 unspecified atom stereocenters. The number of hydrogen-bond donors (Lipinski definition) is 1. The largest absolute Gasteiger partial charge is 0.461 e. The molecule has 174 valence electrons. The molecule has 7 nitrogen and oxygen atoms in total. The summed E-state index contributed by atoms with van der Waals surface area (Å²) in [6.07, 6.45) is 10.6. The lowest BCUT2D eigenvalue weighted by Gasteiger charge is -2.44. The van der Waals surface area contributed by atoms with Gasteiger partial charge in [0.15, 0.2) is 0 Å². The fourth-order valence-electron chi connectivity index (χ4n) is 6.71. The fraction of sp³-hybridized carbons (Fsp3) is 0.826. The van der Waals surface area contributed by atoms with E-state index in [2.05, 4.69) is 13.0 Å². The SMILES string of the molecule is CC1C=C2CC(C1)CC(OC(=O)C(C(=O)OC1(C)CC3CCCC(C3)C1)S(=O)(=O)O)C2. The van der Waals surface area contributed by atoms with Crippen LogP contribution >= 0.6 is 0 Å². The molecule has 6 atom stereocenters. The Morgan fingerprint density at radius 2 is 1.74 bits per heavy atom. The predicted octanol–water partition coefficient (Wildman–Crippen LogP) is 3.82. The lowest BCUT2D eigenvalue weighted by molar-refractivity contribution is -0.171. The van der Waals surface area contributed by atoms with Crippen molar-refractivity contribution in [2.45, 2.75) is 95.0 Å². The summed E-state index contributed by atoms with van der Waals surface area (Å²) in [6.45, 7) is 3.96. The van der Waals surface area contributed by atoms with Gasteiger partial charge in [0.25, 0.3) is 15.4 Å². The molecule has 4 rings (SSSR count). The molecule has 0 spiro atoms. The maximum atomic E-state index is 12.8. The summed E-state index contributed by atoms with van der Waals surface area (Å²) in [5, 5.41) is -2.35. The minimum atomic E-state index is -5.00. The summed E-state index contributed by atoms with van der Waals surface area (Å²) in [5.41, 5.74) is 0.386.